The van der Waals surface area contributed by atoms with Gasteiger partial charge in [-0.15, -0.1) is 0 Å². The zero-order valence-corrected chi connectivity index (χ0v) is 9.18. The maximum absolute atomic E-state index is 12.1. The molecule has 0 heterocycles. The van der Waals surface area contributed by atoms with Gasteiger partial charge in [0, 0.05) is 24.5 Å². The van der Waals surface area contributed by atoms with Crippen molar-refractivity contribution in [2.45, 2.75) is 6.42 Å². The summed E-state index contributed by atoms with van der Waals surface area (Å²) in [6, 6.07) is 7.54. The number of hydrogen-bond donors (Lipinski definition) is 0. The lowest BCUT2D eigenvalue weighted by molar-refractivity contribution is -0.113. The third kappa shape index (κ3) is 1.78. The zero-order chi connectivity index (χ0) is 11.5. The number of hydrogen-bond acceptors (Lipinski definition) is 3. The van der Waals surface area contributed by atoms with Crippen LogP contribution in [0.1, 0.15) is 15.9 Å². The molecule has 2 unspecified atom stereocenters. The Morgan fingerprint density at radius 2 is 2.25 bits per heavy atom. The molecule has 0 fully saturated rings. The summed E-state index contributed by atoms with van der Waals surface area (Å²) in [5.41, 5.74) is 1.80. The van der Waals surface area contributed by atoms with Gasteiger partial charge in [0.15, 0.2) is 5.78 Å². The largest absolute Gasteiger partial charge is 0.384 e. The first-order chi connectivity index (χ1) is 7.77. The van der Waals surface area contributed by atoms with E-state index in [0.717, 1.165) is 17.4 Å². The number of carbonyl (C=O) groups is 2. The zero-order valence-electron chi connectivity index (χ0n) is 9.18. The van der Waals surface area contributed by atoms with Crippen molar-refractivity contribution >= 4 is 12.1 Å². The van der Waals surface area contributed by atoms with Crippen LogP contribution in [0.2, 0.25) is 0 Å². The fourth-order valence-electron chi connectivity index (χ4n) is 2.26. The highest BCUT2D eigenvalue weighted by Gasteiger charge is 2.35. The summed E-state index contributed by atoms with van der Waals surface area (Å²) in [7, 11) is 1.54. The summed E-state index contributed by atoms with van der Waals surface area (Å²) >= 11 is 0. The monoisotopic (exact) mass is 218 g/mol. The average molecular weight is 218 g/mol. The van der Waals surface area contributed by atoms with Crippen LogP contribution < -0.4 is 0 Å². The molecule has 2 atom stereocenters. The Balaban J connectivity index is 2.23. The highest BCUT2D eigenvalue weighted by Crippen LogP contribution is 2.30. The molecule has 1 aromatic rings. The number of rotatable bonds is 4. The Kier molecular flexibility index (Phi) is 3.15. The summed E-state index contributed by atoms with van der Waals surface area (Å²) < 4.78 is 4.97. The van der Waals surface area contributed by atoms with E-state index in [1.165, 1.54) is 0 Å². The molecule has 1 aromatic carbocycles. The minimum Gasteiger partial charge on any atom is -0.384 e. The summed E-state index contributed by atoms with van der Waals surface area (Å²) in [5.74, 6) is -0.496. The topological polar surface area (TPSA) is 43.4 Å². The molecule has 16 heavy (non-hydrogen) atoms. The van der Waals surface area contributed by atoms with Gasteiger partial charge in [-0.2, -0.15) is 0 Å². The van der Waals surface area contributed by atoms with Crippen LogP contribution >= 0.6 is 0 Å². The Labute approximate surface area is 94.4 Å². The van der Waals surface area contributed by atoms with E-state index in [2.05, 4.69) is 0 Å². The molecule has 0 aliphatic heterocycles. The molecule has 3 heteroatoms. The molecule has 0 saturated heterocycles. The second-order valence-corrected chi connectivity index (χ2v) is 4.09. The molecule has 0 aromatic heterocycles. The van der Waals surface area contributed by atoms with E-state index in [1.54, 1.807) is 7.11 Å². The Morgan fingerprint density at radius 3 is 2.88 bits per heavy atom. The van der Waals surface area contributed by atoms with Crippen LogP contribution in [0.5, 0.6) is 0 Å². The predicted molar refractivity (Wildman–Crippen MR) is 59.4 cm³/mol. The molecule has 0 amide bonds. The summed E-state index contributed by atoms with van der Waals surface area (Å²) in [4.78, 5) is 23.0. The second kappa shape index (κ2) is 4.58. The van der Waals surface area contributed by atoms with E-state index in [9.17, 15) is 9.59 Å². The molecule has 1 aliphatic rings. The van der Waals surface area contributed by atoms with Gasteiger partial charge in [-0.1, -0.05) is 24.3 Å². The third-order valence-corrected chi connectivity index (χ3v) is 3.11. The van der Waals surface area contributed by atoms with Gasteiger partial charge < -0.3 is 9.53 Å². The van der Waals surface area contributed by atoms with Crippen LogP contribution in [0.4, 0.5) is 0 Å². The van der Waals surface area contributed by atoms with Gasteiger partial charge >= 0.3 is 0 Å². The van der Waals surface area contributed by atoms with Crippen molar-refractivity contribution in [3.05, 3.63) is 35.4 Å². The highest BCUT2D eigenvalue weighted by atomic mass is 16.5. The molecule has 2 rings (SSSR count). The number of carbonyl (C=O) groups excluding carboxylic acids is 2. The fraction of sp³-hybridized carbons (Fsp3) is 0.385. The number of aldehydes is 1. The van der Waals surface area contributed by atoms with Crippen LogP contribution in [0.3, 0.4) is 0 Å². The van der Waals surface area contributed by atoms with Crippen molar-refractivity contribution in [3.63, 3.8) is 0 Å². The maximum Gasteiger partial charge on any atom is 0.167 e. The van der Waals surface area contributed by atoms with Crippen molar-refractivity contribution in [3.8, 4) is 0 Å². The highest BCUT2D eigenvalue weighted by molar-refractivity contribution is 6.03. The number of Topliss-reactive ketones (excluding diaryl/α,β-unsaturated/α-hetero) is 1. The molecule has 0 N–H and O–H groups in total. The minimum atomic E-state index is -0.329. The van der Waals surface area contributed by atoms with Crippen LogP contribution in [-0.4, -0.2) is 25.8 Å². The minimum absolute atomic E-state index is 0.0738. The average Bonchev–Trinajstić information content (AvgIpc) is 2.64. The van der Waals surface area contributed by atoms with Gasteiger partial charge in [0.25, 0.3) is 0 Å². The SMILES string of the molecule is COCC(C=O)C1Cc2ccccc2C1=O. The van der Waals surface area contributed by atoms with Gasteiger partial charge in [0.1, 0.15) is 6.29 Å². The molecular weight excluding hydrogens is 204 g/mol. The standard InChI is InChI=1S/C13H14O3/c1-16-8-10(7-14)12-6-9-4-2-3-5-11(9)13(12)15/h2-5,7,10,12H,6,8H2,1H3. The molecule has 84 valence electrons. The van der Waals surface area contributed by atoms with E-state index in [1.807, 2.05) is 24.3 Å². The van der Waals surface area contributed by atoms with E-state index in [0.29, 0.717) is 13.0 Å². The first kappa shape index (κ1) is 11.0. The molecular formula is C13H14O3. The van der Waals surface area contributed by atoms with Gasteiger partial charge in [-0.05, 0) is 12.0 Å². The van der Waals surface area contributed by atoms with Crippen LogP contribution in [0.25, 0.3) is 0 Å². The second-order valence-electron chi connectivity index (χ2n) is 4.09. The van der Waals surface area contributed by atoms with Crippen molar-refractivity contribution < 1.29 is 14.3 Å². The van der Waals surface area contributed by atoms with Crippen molar-refractivity contribution in [1.29, 1.82) is 0 Å². The summed E-state index contributed by atoms with van der Waals surface area (Å²) in [5, 5.41) is 0. The van der Waals surface area contributed by atoms with Crippen molar-refractivity contribution in [2.24, 2.45) is 11.8 Å². The van der Waals surface area contributed by atoms with E-state index >= 15 is 0 Å². The van der Waals surface area contributed by atoms with Crippen LogP contribution in [-0.2, 0) is 16.0 Å². The Hall–Kier alpha value is -1.48. The lowest BCUT2D eigenvalue weighted by Gasteiger charge is -2.14. The predicted octanol–water partition coefficient (Wildman–Crippen LogP) is 1.50. The Bertz CT molecular complexity index is 411. The molecule has 0 bridgehead atoms. The van der Waals surface area contributed by atoms with Crippen molar-refractivity contribution in [2.75, 3.05) is 13.7 Å². The Morgan fingerprint density at radius 1 is 1.50 bits per heavy atom. The van der Waals surface area contributed by atoms with Gasteiger partial charge in [0.2, 0.25) is 0 Å². The molecule has 0 saturated carbocycles. The van der Waals surface area contributed by atoms with Gasteiger partial charge in [0.05, 0.1) is 6.61 Å². The molecule has 0 radical (unpaired) electrons. The summed E-state index contributed by atoms with van der Waals surface area (Å²) in [6.07, 6.45) is 1.49. The number of fused-ring (bicyclic) bond motifs is 1. The smallest absolute Gasteiger partial charge is 0.167 e. The number of methoxy groups -OCH3 is 1. The quantitative estimate of drug-likeness (QED) is 0.719. The van der Waals surface area contributed by atoms with E-state index in [-0.39, 0.29) is 17.6 Å². The van der Waals surface area contributed by atoms with Crippen molar-refractivity contribution in [1.82, 2.24) is 0 Å². The molecule has 1 aliphatic carbocycles. The fourth-order valence-corrected chi connectivity index (χ4v) is 2.26. The number of benzene rings is 1. The van der Waals surface area contributed by atoms with Crippen LogP contribution in [0, 0.1) is 11.8 Å². The lowest BCUT2D eigenvalue weighted by atomic mass is 9.90. The normalized spacial score (nSPS) is 20.6. The maximum atomic E-state index is 12.1. The third-order valence-electron chi connectivity index (χ3n) is 3.11. The summed E-state index contributed by atoms with van der Waals surface area (Å²) in [6.45, 7) is 0.313. The van der Waals surface area contributed by atoms with E-state index < -0.39 is 0 Å². The molecule has 0 spiro atoms. The first-order valence-corrected chi connectivity index (χ1v) is 5.34. The van der Waals surface area contributed by atoms with E-state index in [4.69, 9.17) is 4.74 Å². The lowest BCUT2D eigenvalue weighted by Crippen LogP contribution is -2.25. The van der Waals surface area contributed by atoms with Crippen LogP contribution in [0.15, 0.2) is 24.3 Å². The van der Waals surface area contributed by atoms with Gasteiger partial charge in [-0.3, -0.25) is 4.79 Å². The molecule has 3 nitrogen and oxygen atoms in total. The number of ether oxygens (including phenoxy) is 1. The first-order valence-electron chi connectivity index (χ1n) is 5.34. The number of ketones is 1. The van der Waals surface area contributed by atoms with Gasteiger partial charge in [-0.25, -0.2) is 0 Å².